The smallest absolute Gasteiger partial charge is 0.308 e. The second-order valence-electron chi connectivity index (χ2n) is 8.66. The van der Waals surface area contributed by atoms with Crippen molar-refractivity contribution in [3.63, 3.8) is 0 Å². The topological polar surface area (TPSA) is 43.4 Å². The third-order valence-electron chi connectivity index (χ3n) is 7.01. The van der Waals surface area contributed by atoms with E-state index in [1.54, 1.807) is 6.08 Å². The van der Waals surface area contributed by atoms with Crippen LogP contribution in [0.4, 0.5) is 0 Å². The maximum Gasteiger partial charge on any atom is 0.308 e. The molecule has 0 amide bonds. The molecule has 0 N–H and O–H groups in total. The monoisotopic (exact) mass is 304 g/mol. The third-order valence-corrected chi connectivity index (χ3v) is 7.01. The number of carbonyl (C=O) groups excluding carboxylic acids is 2. The number of hydrogen-bond donors (Lipinski definition) is 0. The average Bonchev–Trinajstić information content (AvgIpc) is 2.95. The molecule has 2 saturated carbocycles. The molecule has 2 fully saturated rings. The van der Waals surface area contributed by atoms with Gasteiger partial charge in [0.15, 0.2) is 5.78 Å². The lowest BCUT2D eigenvalue weighted by molar-refractivity contribution is -0.169. The highest BCUT2D eigenvalue weighted by Crippen LogP contribution is 2.75. The van der Waals surface area contributed by atoms with Gasteiger partial charge in [0.2, 0.25) is 0 Å². The number of hydrogen-bond acceptors (Lipinski definition) is 3. The first-order valence-electron chi connectivity index (χ1n) is 8.54. The zero-order valence-corrected chi connectivity index (χ0v) is 14.6. The van der Waals surface area contributed by atoms with Crippen LogP contribution >= 0.6 is 0 Å². The van der Waals surface area contributed by atoms with Crippen LogP contribution in [0.15, 0.2) is 12.2 Å². The summed E-state index contributed by atoms with van der Waals surface area (Å²) in [6.07, 6.45) is 5.82. The van der Waals surface area contributed by atoms with Crippen LogP contribution in [0.2, 0.25) is 0 Å². The molecular weight excluding hydrogens is 276 g/mol. The molecule has 1 spiro atoms. The van der Waals surface area contributed by atoms with Gasteiger partial charge >= 0.3 is 5.97 Å². The summed E-state index contributed by atoms with van der Waals surface area (Å²) in [5.41, 5.74) is -0.929. The Labute approximate surface area is 133 Å². The molecule has 3 aliphatic carbocycles. The second kappa shape index (κ2) is 4.46. The van der Waals surface area contributed by atoms with E-state index in [4.69, 9.17) is 4.74 Å². The van der Waals surface area contributed by atoms with Crippen LogP contribution < -0.4 is 0 Å². The SMILES string of the molecule is CC(C)C(=O)O[C@H]1C(C)(C)[C@@H]2CC[C@@H](C)[C@@]23C=CC(=O)[C@@]13C. The predicted octanol–water partition coefficient (Wildman–Crippen LogP) is 3.77. The van der Waals surface area contributed by atoms with E-state index in [0.29, 0.717) is 11.8 Å². The molecule has 0 aliphatic heterocycles. The molecule has 0 saturated heterocycles. The number of ether oxygens (including phenoxy) is 1. The summed E-state index contributed by atoms with van der Waals surface area (Å²) in [6, 6.07) is 0. The van der Waals surface area contributed by atoms with Crippen molar-refractivity contribution in [1.29, 1.82) is 0 Å². The van der Waals surface area contributed by atoms with Crippen molar-refractivity contribution in [3.05, 3.63) is 12.2 Å². The normalized spacial score (nSPS) is 45.2. The Balaban J connectivity index is 2.12. The van der Waals surface area contributed by atoms with E-state index >= 15 is 0 Å². The molecule has 3 aliphatic rings. The van der Waals surface area contributed by atoms with Gasteiger partial charge in [0.05, 0.1) is 11.3 Å². The summed E-state index contributed by atoms with van der Waals surface area (Å²) in [7, 11) is 0. The van der Waals surface area contributed by atoms with Crippen molar-refractivity contribution >= 4 is 11.8 Å². The van der Waals surface area contributed by atoms with Gasteiger partial charge in [0.1, 0.15) is 6.10 Å². The molecule has 0 heterocycles. The molecule has 0 aromatic rings. The van der Waals surface area contributed by atoms with Gasteiger partial charge in [0.25, 0.3) is 0 Å². The summed E-state index contributed by atoms with van der Waals surface area (Å²) in [5.74, 6) is 0.623. The molecule has 5 atom stereocenters. The lowest BCUT2D eigenvalue weighted by Crippen LogP contribution is -2.49. The van der Waals surface area contributed by atoms with E-state index in [2.05, 4.69) is 26.8 Å². The molecule has 122 valence electrons. The maximum atomic E-state index is 12.8. The average molecular weight is 304 g/mol. The van der Waals surface area contributed by atoms with Crippen molar-refractivity contribution in [2.75, 3.05) is 0 Å². The Kier molecular flexibility index (Phi) is 3.19. The summed E-state index contributed by atoms with van der Waals surface area (Å²) in [4.78, 5) is 25.1. The van der Waals surface area contributed by atoms with E-state index in [1.165, 1.54) is 0 Å². The number of carbonyl (C=O) groups is 2. The van der Waals surface area contributed by atoms with Crippen molar-refractivity contribution in [2.45, 2.75) is 60.5 Å². The fourth-order valence-corrected chi connectivity index (χ4v) is 5.96. The number of rotatable bonds is 2. The Morgan fingerprint density at radius 2 is 1.91 bits per heavy atom. The van der Waals surface area contributed by atoms with Crippen molar-refractivity contribution in [3.8, 4) is 0 Å². The zero-order valence-electron chi connectivity index (χ0n) is 14.6. The molecule has 3 nitrogen and oxygen atoms in total. The lowest BCUT2D eigenvalue weighted by atomic mass is 9.61. The van der Waals surface area contributed by atoms with Crippen LogP contribution in [-0.2, 0) is 14.3 Å². The van der Waals surface area contributed by atoms with Crippen molar-refractivity contribution in [1.82, 2.24) is 0 Å². The Hall–Kier alpha value is -1.12. The standard InChI is InChI=1S/C19H28O3/c1-11(2)15(21)22-16-17(4,5)13-8-7-12(3)19(13)10-9-14(20)18(16,19)6/h9-13,16H,7-8H2,1-6H3/t12-,13+,16+,18+,19+/m1/s1. The molecule has 0 unspecified atom stereocenters. The van der Waals surface area contributed by atoms with Crippen LogP contribution in [0.25, 0.3) is 0 Å². The van der Waals surface area contributed by atoms with Gasteiger partial charge in [0, 0.05) is 10.8 Å². The van der Waals surface area contributed by atoms with Gasteiger partial charge in [-0.3, -0.25) is 9.59 Å². The minimum Gasteiger partial charge on any atom is -0.460 e. The molecule has 0 bridgehead atoms. The minimum absolute atomic E-state index is 0.137. The first kappa shape index (κ1) is 15.8. The van der Waals surface area contributed by atoms with Crippen LogP contribution in [0.5, 0.6) is 0 Å². The molecule has 22 heavy (non-hydrogen) atoms. The molecule has 3 heteroatoms. The molecular formula is C19H28O3. The molecule has 3 rings (SSSR count). The van der Waals surface area contributed by atoms with E-state index < -0.39 is 5.41 Å². The molecule has 0 radical (unpaired) electrons. The Bertz CT molecular complexity index is 559. The highest BCUT2D eigenvalue weighted by molar-refractivity contribution is 6.00. The summed E-state index contributed by atoms with van der Waals surface area (Å²) in [6.45, 7) is 12.4. The highest BCUT2D eigenvalue weighted by Gasteiger charge is 2.77. The summed E-state index contributed by atoms with van der Waals surface area (Å²) < 4.78 is 5.96. The third kappa shape index (κ3) is 1.53. The van der Waals surface area contributed by atoms with Gasteiger partial charge in [-0.25, -0.2) is 0 Å². The fourth-order valence-electron chi connectivity index (χ4n) is 5.96. The maximum absolute atomic E-state index is 12.8. The largest absolute Gasteiger partial charge is 0.460 e. The van der Waals surface area contributed by atoms with E-state index in [1.807, 2.05) is 20.8 Å². The molecule has 0 aromatic carbocycles. The number of esters is 1. The predicted molar refractivity (Wildman–Crippen MR) is 85.1 cm³/mol. The number of allylic oxidation sites excluding steroid dienone is 2. The molecule has 0 aromatic heterocycles. The highest BCUT2D eigenvalue weighted by atomic mass is 16.5. The van der Waals surface area contributed by atoms with Gasteiger partial charge in [-0.1, -0.05) is 40.7 Å². The van der Waals surface area contributed by atoms with Crippen molar-refractivity contribution in [2.24, 2.45) is 34.0 Å². The Morgan fingerprint density at radius 3 is 2.50 bits per heavy atom. The zero-order chi connectivity index (χ0) is 16.5. The first-order valence-corrected chi connectivity index (χ1v) is 8.54. The van der Waals surface area contributed by atoms with Crippen molar-refractivity contribution < 1.29 is 14.3 Å². The summed E-state index contributed by atoms with van der Waals surface area (Å²) >= 11 is 0. The summed E-state index contributed by atoms with van der Waals surface area (Å²) in [5, 5.41) is 0. The quantitative estimate of drug-likeness (QED) is 0.729. The van der Waals surface area contributed by atoms with E-state index in [9.17, 15) is 9.59 Å². The fraction of sp³-hybridized carbons (Fsp3) is 0.789. The van der Waals surface area contributed by atoms with E-state index in [0.717, 1.165) is 12.8 Å². The number of ketones is 1. The van der Waals surface area contributed by atoms with Crippen LogP contribution in [0, 0.1) is 34.0 Å². The minimum atomic E-state index is -0.609. The first-order chi connectivity index (χ1) is 10.1. The van der Waals surface area contributed by atoms with Crippen LogP contribution in [-0.4, -0.2) is 17.9 Å². The van der Waals surface area contributed by atoms with Gasteiger partial charge in [-0.15, -0.1) is 0 Å². The Morgan fingerprint density at radius 1 is 1.27 bits per heavy atom. The van der Waals surface area contributed by atoms with Gasteiger partial charge in [-0.2, -0.15) is 0 Å². The van der Waals surface area contributed by atoms with Gasteiger partial charge < -0.3 is 4.74 Å². The lowest BCUT2D eigenvalue weighted by Gasteiger charge is -2.42. The second-order valence-corrected chi connectivity index (χ2v) is 8.66. The van der Waals surface area contributed by atoms with Gasteiger partial charge in [-0.05, 0) is 37.7 Å². The van der Waals surface area contributed by atoms with Crippen LogP contribution in [0.3, 0.4) is 0 Å². The van der Waals surface area contributed by atoms with Crippen LogP contribution in [0.1, 0.15) is 54.4 Å². The van der Waals surface area contributed by atoms with E-state index in [-0.39, 0.29) is 34.6 Å².